The Bertz CT molecular complexity index is 1450. The molecule has 0 aliphatic carbocycles. The van der Waals surface area contributed by atoms with E-state index < -0.39 is 12.0 Å². The van der Waals surface area contributed by atoms with E-state index in [0.717, 1.165) is 38.1 Å². The van der Waals surface area contributed by atoms with Crippen LogP contribution in [0.2, 0.25) is 0 Å². The van der Waals surface area contributed by atoms with Crippen LogP contribution in [-0.2, 0) is 16.0 Å². The lowest BCUT2D eigenvalue weighted by molar-refractivity contribution is -0.142. The van der Waals surface area contributed by atoms with Crippen LogP contribution in [0.25, 0.3) is 32.6 Å². The van der Waals surface area contributed by atoms with Gasteiger partial charge in [-0.25, -0.2) is 9.78 Å². The van der Waals surface area contributed by atoms with Gasteiger partial charge in [-0.3, -0.25) is 4.79 Å². The summed E-state index contributed by atoms with van der Waals surface area (Å²) in [6, 6.07) is 28.2. The zero-order chi connectivity index (χ0) is 22.8. The lowest BCUT2D eigenvalue weighted by Gasteiger charge is -2.19. The first-order valence-electron chi connectivity index (χ1n) is 10.8. The third-order valence-corrected chi connectivity index (χ3v) is 5.91. The SMILES string of the molecule is COC(=O)[C@@H](Cc1cccc2ccccc12)NC(=O)c1c2ccccc2nc2ccccc12. The molecule has 5 rings (SSSR count). The highest BCUT2D eigenvalue weighted by atomic mass is 16.5. The third-order valence-electron chi connectivity index (χ3n) is 5.91. The van der Waals surface area contributed by atoms with Gasteiger partial charge in [0.05, 0.1) is 23.7 Å². The number of ether oxygens (including phenoxy) is 1. The highest BCUT2D eigenvalue weighted by Crippen LogP contribution is 2.26. The van der Waals surface area contributed by atoms with Crippen LogP contribution in [0, 0.1) is 0 Å². The van der Waals surface area contributed by atoms with Crippen LogP contribution in [0.3, 0.4) is 0 Å². The van der Waals surface area contributed by atoms with E-state index in [1.807, 2.05) is 91.0 Å². The molecule has 0 radical (unpaired) electrons. The van der Waals surface area contributed by atoms with Crippen molar-refractivity contribution in [3.8, 4) is 0 Å². The minimum absolute atomic E-state index is 0.320. The van der Waals surface area contributed by atoms with E-state index in [4.69, 9.17) is 4.74 Å². The highest BCUT2D eigenvalue weighted by molar-refractivity contribution is 6.16. The van der Waals surface area contributed by atoms with Crippen LogP contribution in [0.15, 0.2) is 91.0 Å². The topological polar surface area (TPSA) is 68.3 Å². The molecular formula is C28H22N2O3. The molecule has 5 heteroatoms. The number of hydrogen-bond donors (Lipinski definition) is 1. The molecular weight excluding hydrogens is 412 g/mol. The molecule has 0 fully saturated rings. The zero-order valence-electron chi connectivity index (χ0n) is 18.1. The third kappa shape index (κ3) is 3.89. The summed E-state index contributed by atoms with van der Waals surface area (Å²) in [7, 11) is 1.34. The first-order chi connectivity index (χ1) is 16.2. The van der Waals surface area contributed by atoms with E-state index in [1.165, 1.54) is 7.11 Å². The quantitative estimate of drug-likeness (QED) is 0.310. The number of amides is 1. The molecule has 0 unspecified atom stereocenters. The number of aromatic nitrogens is 1. The molecule has 0 saturated heterocycles. The largest absolute Gasteiger partial charge is 0.467 e. The number of benzene rings is 4. The average molecular weight is 434 g/mol. The highest BCUT2D eigenvalue weighted by Gasteiger charge is 2.25. The molecule has 1 amide bonds. The molecule has 5 aromatic rings. The van der Waals surface area contributed by atoms with Crippen molar-refractivity contribution >= 4 is 44.5 Å². The maximum Gasteiger partial charge on any atom is 0.328 e. The van der Waals surface area contributed by atoms with Gasteiger partial charge < -0.3 is 10.1 Å². The summed E-state index contributed by atoms with van der Waals surface area (Å²) in [4.78, 5) is 31.0. The van der Waals surface area contributed by atoms with Crippen molar-refractivity contribution in [1.29, 1.82) is 0 Å². The Hall–Kier alpha value is -4.25. The summed E-state index contributed by atoms with van der Waals surface area (Å²) in [5, 5.41) is 6.54. The number of pyridine rings is 1. The Balaban J connectivity index is 1.56. The number of nitrogens with one attached hydrogen (secondary N) is 1. The normalized spacial score (nSPS) is 12.0. The summed E-state index contributed by atoms with van der Waals surface area (Å²) in [6.07, 6.45) is 0.320. The van der Waals surface area contributed by atoms with Crippen molar-refractivity contribution in [3.05, 3.63) is 102 Å². The van der Waals surface area contributed by atoms with E-state index in [0.29, 0.717) is 12.0 Å². The second-order valence-electron chi connectivity index (χ2n) is 7.91. The molecule has 1 N–H and O–H groups in total. The number of nitrogens with zero attached hydrogens (tertiary/aromatic N) is 1. The second kappa shape index (κ2) is 8.71. The van der Waals surface area contributed by atoms with Gasteiger partial charge in [0.1, 0.15) is 6.04 Å². The van der Waals surface area contributed by atoms with Gasteiger partial charge in [0, 0.05) is 17.2 Å². The molecule has 4 aromatic carbocycles. The molecule has 0 aliphatic heterocycles. The minimum atomic E-state index is -0.834. The standard InChI is InChI=1S/C28H22N2O3/c1-33-28(32)25(17-19-11-8-10-18-9-2-3-12-20(18)19)30-27(31)26-21-13-4-6-15-23(21)29-24-16-7-5-14-22(24)26/h2-16,25H,17H2,1H3,(H,30,31)/t25-/m1/s1. The van der Waals surface area contributed by atoms with E-state index in [-0.39, 0.29) is 5.91 Å². The fourth-order valence-electron chi connectivity index (χ4n) is 4.34. The first kappa shape index (κ1) is 20.6. The van der Waals surface area contributed by atoms with Crippen LogP contribution in [0.4, 0.5) is 0 Å². The Morgan fingerprint density at radius 3 is 2.03 bits per heavy atom. The Kier molecular flexibility index (Phi) is 5.45. The summed E-state index contributed by atoms with van der Waals surface area (Å²) in [5.74, 6) is -0.820. The maximum atomic E-state index is 13.6. The summed E-state index contributed by atoms with van der Waals surface area (Å²) in [5.41, 5.74) is 2.92. The number of para-hydroxylation sites is 2. The Labute approximate surface area is 191 Å². The maximum absolute atomic E-state index is 13.6. The van der Waals surface area contributed by atoms with Crippen LogP contribution in [0.1, 0.15) is 15.9 Å². The van der Waals surface area contributed by atoms with E-state index in [2.05, 4.69) is 10.3 Å². The second-order valence-corrected chi connectivity index (χ2v) is 7.91. The summed E-state index contributed by atoms with van der Waals surface area (Å²) >= 11 is 0. The van der Waals surface area contributed by atoms with E-state index >= 15 is 0 Å². The fourth-order valence-corrected chi connectivity index (χ4v) is 4.34. The molecule has 1 aromatic heterocycles. The van der Waals surface area contributed by atoms with E-state index in [1.54, 1.807) is 0 Å². The van der Waals surface area contributed by atoms with Gasteiger partial charge in [-0.15, -0.1) is 0 Å². The minimum Gasteiger partial charge on any atom is -0.467 e. The number of carbonyl (C=O) groups is 2. The van der Waals surface area contributed by atoms with Gasteiger partial charge in [-0.2, -0.15) is 0 Å². The van der Waals surface area contributed by atoms with Crippen molar-refractivity contribution in [2.45, 2.75) is 12.5 Å². The number of hydrogen-bond acceptors (Lipinski definition) is 4. The van der Waals surface area contributed by atoms with Crippen LogP contribution >= 0.6 is 0 Å². The van der Waals surface area contributed by atoms with Crippen molar-refractivity contribution in [3.63, 3.8) is 0 Å². The molecule has 0 saturated carbocycles. The molecule has 1 heterocycles. The van der Waals surface area contributed by atoms with Crippen LogP contribution in [-0.4, -0.2) is 30.0 Å². The summed E-state index contributed by atoms with van der Waals surface area (Å²) in [6.45, 7) is 0. The lowest BCUT2D eigenvalue weighted by Crippen LogP contribution is -2.43. The van der Waals surface area contributed by atoms with Gasteiger partial charge in [0.2, 0.25) is 0 Å². The Morgan fingerprint density at radius 1 is 0.788 bits per heavy atom. The van der Waals surface area contributed by atoms with Gasteiger partial charge in [0.15, 0.2) is 0 Å². The number of methoxy groups -OCH3 is 1. The van der Waals surface area contributed by atoms with Gasteiger partial charge in [-0.1, -0.05) is 78.9 Å². The van der Waals surface area contributed by atoms with Gasteiger partial charge in [0.25, 0.3) is 5.91 Å². The molecule has 5 nitrogen and oxygen atoms in total. The van der Waals surface area contributed by atoms with Gasteiger partial charge in [-0.05, 0) is 28.5 Å². The molecule has 0 aliphatic rings. The Morgan fingerprint density at radius 2 is 1.36 bits per heavy atom. The van der Waals surface area contributed by atoms with Crippen LogP contribution < -0.4 is 5.32 Å². The molecule has 0 bridgehead atoms. The zero-order valence-corrected chi connectivity index (χ0v) is 18.1. The lowest BCUT2D eigenvalue weighted by atomic mass is 9.97. The van der Waals surface area contributed by atoms with Crippen LogP contribution in [0.5, 0.6) is 0 Å². The summed E-state index contributed by atoms with van der Waals surface area (Å²) < 4.78 is 5.04. The fraction of sp³-hybridized carbons (Fsp3) is 0.107. The predicted molar refractivity (Wildman–Crippen MR) is 130 cm³/mol. The average Bonchev–Trinajstić information content (AvgIpc) is 2.86. The van der Waals surface area contributed by atoms with E-state index in [9.17, 15) is 9.59 Å². The van der Waals surface area contributed by atoms with Crippen molar-refractivity contribution in [2.24, 2.45) is 0 Å². The number of carbonyl (C=O) groups excluding carboxylic acids is 2. The monoisotopic (exact) mass is 434 g/mol. The molecule has 33 heavy (non-hydrogen) atoms. The number of rotatable bonds is 5. The van der Waals surface area contributed by atoms with Crippen molar-refractivity contribution in [1.82, 2.24) is 10.3 Å². The van der Waals surface area contributed by atoms with Gasteiger partial charge >= 0.3 is 5.97 Å². The predicted octanol–water partition coefficient (Wildman–Crippen LogP) is 5.06. The number of esters is 1. The van der Waals surface area contributed by atoms with Crippen molar-refractivity contribution < 1.29 is 14.3 Å². The molecule has 0 spiro atoms. The smallest absolute Gasteiger partial charge is 0.328 e. The molecule has 1 atom stereocenters. The molecule has 162 valence electrons. The number of fused-ring (bicyclic) bond motifs is 3. The van der Waals surface area contributed by atoms with Crippen molar-refractivity contribution in [2.75, 3.05) is 7.11 Å². The first-order valence-corrected chi connectivity index (χ1v) is 10.8.